The standard InChI is InChI=1S/C12H15BrN4O2S/c1-7(2)17-11(15-16-12(17)20(14,18)19)9-6-8(3)4-5-10(9)13/h4-7H,1-3H3,(H2,14,18,19). The first kappa shape index (κ1) is 15.1. The number of hydrogen-bond acceptors (Lipinski definition) is 4. The SMILES string of the molecule is Cc1ccc(Br)c(-c2nnc(S(N)(=O)=O)n2C(C)C)c1. The Balaban J connectivity index is 2.76. The summed E-state index contributed by atoms with van der Waals surface area (Å²) in [6.45, 7) is 5.66. The molecule has 0 aliphatic carbocycles. The van der Waals surface area contributed by atoms with Gasteiger partial charge in [-0.2, -0.15) is 0 Å². The summed E-state index contributed by atoms with van der Waals surface area (Å²) < 4.78 is 25.5. The van der Waals surface area contributed by atoms with Crippen LogP contribution in [-0.4, -0.2) is 23.2 Å². The van der Waals surface area contributed by atoms with E-state index in [1.165, 1.54) is 4.57 Å². The highest BCUT2D eigenvalue weighted by Gasteiger charge is 2.24. The summed E-state index contributed by atoms with van der Waals surface area (Å²) in [5.74, 6) is 0.472. The first-order valence-corrected chi connectivity index (χ1v) is 8.30. The van der Waals surface area contributed by atoms with Gasteiger partial charge in [0.15, 0.2) is 5.82 Å². The zero-order valence-corrected chi connectivity index (χ0v) is 13.7. The van der Waals surface area contributed by atoms with Gasteiger partial charge in [-0.1, -0.05) is 27.6 Å². The second-order valence-electron chi connectivity index (χ2n) is 4.80. The number of hydrogen-bond donors (Lipinski definition) is 1. The van der Waals surface area contributed by atoms with Crippen molar-refractivity contribution in [2.24, 2.45) is 5.14 Å². The fourth-order valence-corrected chi connectivity index (χ4v) is 3.08. The molecule has 108 valence electrons. The van der Waals surface area contributed by atoms with Crippen molar-refractivity contribution in [1.82, 2.24) is 14.8 Å². The lowest BCUT2D eigenvalue weighted by molar-refractivity contribution is 0.524. The van der Waals surface area contributed by atoms with E-state index in [0.717, 1.165) is 15.6 Å². The van der Waals surface area contributed by atoms with Gasteiger partial charge in [-0.15, -0.1) is 10.2 Å². The molecule has 0 radical (unpaired) electrons. The first-order valence-electron chi connectivity index (χ1n) is 5.96. The van der Waals surface area contributed by atoms with E-state index in [2.05, 4.69) is 26.1 Å². The maximum Gasteiger partial charge on any atom is 0.273 e. The predicted octanol–water partition coefficient (Wildman–Crippen LogP) is 2.24. The Labute approximate surface area is 126 Å². The van der Waals surface area contributed by atoms with E-state index in [0.29, 0.717) is 5.82 Å². The first-order chi connectivity index (χ1) is 9.21. The van der Waals surface area contributed by atoms with Crippen molar-refractivity contribution >= 4 is 26.0 Å². The van der Waals surface area contributed by atoms with Crippen molar-refractivity contribution in [1.29, 1.82) is 0 Å². The van der Waals surface area contributed by atoms with Crippen LogP contribution in [0.1, 0.15) is 25.5 Å². The van der Waals surface area contributed by atoms with Crippen LogP contribution >= 0.6 is 15.9 Å². The molecule has 0 aliphatic heterocycles. The van der Waals surface area contributed by atoms with Crippen LogP contribution in [0.3, 0.4) is 0 Å². The summed E-state index contributed by atoms with van der Waals surface area (Å²) in [5, 5.41) is 12.7. The lowest BCUT2D eigenvalue weighted by Gasteiger charge is -2.14. The van der Waals surface area contributed by atoms with E-state index in [1.807, 2.05) is 39.0 Å². The fraction of sp³-hybridized carbons (Fsp3) is 0.333. The molecule has 2 aromatic rings. The van der Waals surface area contributed by atoms with Crippen molar-refractivity contribution in [2.75, 3.05) is 0 Å². The largest absolute Gasteiger partial charge is 0.294 e. The minimum absolute atomic E-state index is 0.138. The second-order valence-corrected chi connectivity index (χ2v) is 7.11. The van der Waals surface area contributed by atoms with Gasteiger partial charge in [0.2, 0.25) is 0 Å². The van der Waals surface area contributed by atoms with Crippen LogP contribution in [0.5, 0.6) is 0 Å². The van der Waals surface area contributed by atoms with Crippen LogP contribution in [0.4, 0.5) is 0 Å². The summed E-state index contributed by atoms with van der Waals surface area (Å²) in [4.78, 5) is 0. The van der Waals surface area contributed by atoms with Gasteiger partial charge in [-0.25, -0.2) is 13.6 Å². The molecular weight excluding hydrogens is 344 g/mol. The summed E-state index contributed by atoms with van der Waals surface area (Å²) >= 11 is 3.45. The van der Waals surface area contributed by atoms with Gasteiger partial charge in [0.25, 0.3) is 15.2 Å². The average Bonchev–Trinajstić information content (AvgIpc) is 2.76. The maximum absolute atomic E-state index is 11.6. The molecule has 6 nitrogen and oxygen atoms in total. The molecule has 0 spiro atoms. The molecule has 2 rings (SSSR count). The van der Waals surface area contributed by atoms with Crippen LogP contribution in [-0.2, 0) is 10.0 Å². The molecule has 0 unspecified atom stereocenters. The van der Waals surface area contributed by atoms with E-state index >= 15 is 0 Å². The van der Waals surface area contributed by atoms with Crippen LogP contribution < -0.4 is 5.14 Å². The van der Waals surface area contributed by atoms with Crippen molar-refractivity contribution in [2.45, 2.75) is 32.0 Å². The third-order valence-corrected chi connectivity index (χ3v) is 4.28. The van der Waals surface area contributed by atoms with Gasteiger partial charge in [0, 0.05) is 16.1 Å². The normalized spacial score (nSPS) is 12.1. The Morgan fingerprint density at radius 2 is 1.95 bits per heavy atom. The summed E-state index contributed by atoms with van der Waals surface area (Å²) in [6, 6.07) is 5.62. The highest BCUT2D eigenvalue weighted by atomic mass is 79.9. The Kier molecular flexibility index (Phi) is 3.99. The van der Waals surface area contributed by atoms with Crippen molar-refractivity contribution in [3.05, 3.63) is 28.2 Å². The molecule has 0 atom stereocenters. The molecule has 1 aromatic heterocycles. The van der Waals surface area contributed by atoms with Gasteiger partial charge in [-0.3, -0.25) is 4.57 Å². The summed E-state index contributed by atoms with van der Waals surface area (Å²) in [5.41, 5.74) is 1.82. The van der Waals surface area contributed by atoms with Crippen molar-refractivity contribution in [3.63, 3.8) is 0 Å². The molecule has 0 bridgehead atoms. The predicted molar refractivity (Wildman–Crippen MR) is 79.7 cm³/mol. The lowest BCUT2D eigenvalue weighted by Crippen LogP contribution is -2.20. The van der Waals surface area contributed by atoms with Gasteiger partial charge in [0.05, 0.1) is 0 Å². The monoisotopic (exact) mass is 358 g/mol. The quantitative estimate of drug-likeness (QED) is 0.910. The maximum atomic E-state index is 11.6. The van der Waals surface area contributed by atoms with Crippen molar-refractivity contribution < 1.29 is 8.42 Å². The van der Waals surface area contributed by atoms with Gasteiger partial charge in [0.1, 0.15) is 0 Å². The number of aromatic nitrogens is 3. The minimum atomic E-state index is -3.91. The molecule has 2 N–H and O–H groups in total. The molecule has 20 heavy (non-hydrogen) atoms. The van der Waals surface area contributed by atoms with E-state index in [1.54, 1.807) is 0 Å². The molecule has 0 amide bonds. The summed E-state index contributed by atoms with van der Waals surface area (Å²) in [7, 11) is -3.91. The third kappa shape index (κ3) is 2.77. The Morgan fingerprint density at radius 1 is 1.30 bits per heavy atom. The number of nitrogens with zero attached hydrogens (tertiary/aromatic N) is 3. The average molecular weight is 359 g/mol. The number of benzene rings is 1. The molecule has 0 fully saturated rings. The van der Waals surface area contributed by atoms with Crippen LogP contribution in [0.2, 0.25) is 0 Å². The van der Waals surface area contributed by atoms with Gasteiger partial charge >= 0.3 is 0 Å². The number of halogens is 1. The molecular formula is C12H15BrN4O2S. The number of aryl methyl sites for hydroxylation is 1. The van der Waals surface area contributed by atoms with E-state index in [-0.39, 0.29) is 11.2 Å². The number of nitrogens with two attached hydrogens (primary N) is 1. The number of rotatable bonds is 3. The zero-order chi connectivity index (χ0) is 15.1. The smallest absolute Gasteiger partial charge is 0.273 e. The van der Waals surface area contributed by atoms with Crippen molar-refractivity contribution in [3.8, 4) is 11.4 Å². The molecule has 0 saturated heterocycles. The third-order valence-electron chi connectivity index (χ3n) is 2.80. The van der Waals surface area contributed by atoms with E-state index < -0.39 is 10.0 Å². The Hall–Kier alpha value is -1.25. The van der Waals surface area contributed by atoms with Crippen LogP contribution in [0.25, 0.3) is 11.4 Å². The fourth-order valence-electron chi connectivity index (χ4n) is 1.93. The van der Waals surface area contributed by atoms with E-state index in [4.69, 9.17) is 5.14 Å². The highest BCUT2D eigenvalue weighted by Crippen LogP contribution is 2.30. The topological polar surface area (TPSA) is 90.9 Å². The van der Waals surface area contributed by atoms with Crippen LogP contribution in [0, 0.1) is 6.92 Å². The summed E-state index contributed by atoms with van der Waals surface area (Å²) in [6.07, 6.45) is 0. The molecule has 8 heteroatoms. The molecule has 1 aromatic carbocycles. The highest BCUT2D eigenvalue weighted by molar-refractivity contribution is 9.10. The molecule has 1 heterocycles. The minimum Gasteiger partial charge on any atom is -0.294 e. The number of primary sulfonamides is 1. The van der Waals surface area contributed by atoms with Crippen LogP contribution in [0.15, 0.2) is 27.8 Å². The second kappa shape index (κ2) is 5.27. The van der Waals surface area contributed by atoms with E-state index in [9.17, 15) is 8.42 Å². The van der Waals surface area contributed by atoms with Gasteiger partial charge in [-0.05, 0) is 32.9 Å². The molecule has 0 saturated carbocycles. The lowest BCUT2D eigenvalue weighted by atomic mass is 10.1. The zero-order valence-electron chi connectivity index (χ0n) is 11.3. The Morgan fingerprint density at radius 3 is 2.50 bits per heavy atom. The number of sulfonamides is 1. The molecule has 0 aliphatic rings. The Bertz CT molecular complexity index is 753. The van der Waals surface area contributed by atoms with Gasteiger partial charge < -0.3 is 0 Å².